The Hall–Kier alpha value is -2.62. The third-order valence-corrected chi connectivity index (χ3v) is 3.79. The van der Waals surface area contributed by atoms with Gasteiger partial charge < -0.3 is 10.3 Å². The number of nitrogens with zero attached hydrogens (tertiary/aromatic N) is 1. The predicted molar refractivity (Wildman–Crippen MR) is 93.5 cm³/mol. The average Bonchev–Trinajstić information content (AvgIpc) is 2.96. The van der Waals surface area contributed by atoms with Crippen molar-refractivity contribution in [2.75, 3.05) is 5.32 Å². The maximum absolute atomic E-state index is 12.1. The first-order valence-electron chi connectivity index (χ1n) is 8.07. The van der Waals surface area contributed by atoms with Crippen molar-refractivity contribution in [2.24, 2.45) is 0 Å². The minimum atomic E-state index is -0.0127. The Balaban J connectivity index is 1.69. The number of aromatic nitrogens is 2. The summed E-state index contributed by atoms with van der Waals surface area (Å²) >= 11 is 0. The maximum Gasteiger partial charge on any atom is 0.228 e. The summed E-state index contributed by atoms with van der Waals surface area (Å²) < 4.78 is 0. The topological polar surface area (TPSA) is 57.8 Å². The highest BCUT2D eigenvalue weighted by atomic mass is 16.1. The minimum absolute atomic E-state index is 0.0127. The van der Waals surface area contributed by atoms with Crippen LogP contribution >= 0.6 is 0 Å². The number of amides is 1. The van der Waals surface area contributed by atoms with Gasteiger partial charge in [0, 0.05) is 12.1 Å². The van der Waals surface area contributed by atoms with E-state index in [2.05, 4.69) is 22.2 Å². The van der Waals surface area contributed by atoms with E-state index in [0.717, 1.165) is 47.4 Å². The van der Waals surface area contributed by atoms with Gasteiger partial charge >= 0.3 is 0 Å². The summed E-state index contributed by atoms with van der Waals surface area (Å²) in [6, 6.07) is 15.5. The molecule has 2 N–H and O–H groups in total. The van der Waals surface area contributed by atoms with Crippen LogP contribution in [0.25, 0.3) is 11.0 Å². The fourth-order valence-electron chi connectivity index (χ4n) is 2.59. The number of aryl methyl sites for hydroxylation is 1. The quantitative estimate of drug-likeness (QED) is 0.720. The Morgan fingerprint density at radius 2 is 2.00 bits per heavy atom. The highest BCUT2D eigenvalue weighted by molar-refractivity contribution is 5.94. The Morgan fingerprint density at radius 3 is 2.78 bits per heavy atom. The molecule has 0 bridgehead atoms. The molecular weight excluding hydrogens is 286 g/mol. The van der Waals surface area contributed by atoms with E-state index in [1.54, 1.807) is 0 Å². The van der Waals surface area contributed by atoms with Crippen LogP contribution in [0, 0.1) is 0 Å². The standard InChI is InChI=1S/C19H21N3O/c1-2-3-9-18-21-16-11-10-15(13-17(16)22-18)20-19(23)12-14-7-5-4-6-8-14/h4-8,10-11,13H,2-3,9,12H2,1H3,(H,20,23)(H,21,22). The van der Waals surface area contributed by atoms with Gasteiger partial charge in [0.15, 0.2) is 0 Å². The molecule has 4 nitrogen and oxygen atoms in total. The Labute approximate surface area is 136 Å². The molecule has 0 saturated heterocycles. The van der Waals surface area contributed by atoms with Crippen molar-refractivity contribution >= 4 is 22.6 Å². The number of H-pyrrole nitrogens is 1. The lowest BCUT2D eigenvalue weighted by atomic mass is 10.1. The van der Waals surface area contributed by atoms with Gasteiger partial charge in [0.1, 0.15) is 5.82 Å². The Bertz CT molecular complexity index is 793. The number of nitrogens with one attached hydrogen (secondary N) is 2. The molecule has 1 aromatic heterocycles. The van der Waals surface area contributed by atoms with Crippen molar-refractivity contribution in [1.82, 2.24) is 9.97 Å². The highest BCUT2D eigenvalue weighted by Gasteiger charge is 2.07. The van der Waals surface area contributed by atoms with Crippen molar-refractivity contribution in [3.63, 3.8) is 0 Å². The van der Waals surface area contributed by atoms with Gasteiger partial charge in [0.05, 0.1) is 17.5 Å². The van der Waals surface area contributed by atoms with Crippen LogP contribution < -0.4 is 5.32 Å². The number of rotatable bonds is 6. The lowest BCUT2D eigenvalue weighted by Gasteiger charge is -2.05. The summed E-state index contributed by atoms with van der Waals surface area (Å²) in [5.74, 6) is 0.996. The normalized spacial score (nSPS) is 10.8. The summed E-state index contributed by atoms with van der Waals surface area (Å²) in [6.07, 6.45) is 3.61. The van der Waals surface area contributed by atoms with Crippen LogP contribution in [-0.4, -0.2) is 15.9 Å². The van der Waals surface area contributed by atoms with Crippen LogP contribution in [0.5, 0.6) is 0 Å². The molecule has 1 amide bonds. The summed E-state index contributed by atoms with van der Waals surface area (Å²) in [5, 5.41) is 2.95. The Kier molecular flexibility index (Phi) is 4.71. The second kappa shape index (κ2) is 7.09. The van der Waals surface area contributed by atoms with Gasteiger partial charge in [-0.2, -0.15) is 0 Å². The maximum atomic E-state index is 12.1. The molecule has 4 heteroatoms. The largest absolute Gasteiger partial charge is 0.342 e. The van der Waals surface area contributed by atoms with Crippen molar-refractivity contribution in [3.8, 4) is 0 Å². The van der Waals surface area contributed by atoms with E-state index in [9.17, 15) is 4.79 Å². The van der Waals surface area contributed by atoms with Crippen LogP contribution in [0.4, 0.5) is 5.69 Å². The van der Waals surface area contributed by atoms with Crippen LogP contribution in [0.2, 0.25) is 0 Å². The van der Waals surface area contributed by atoms with E-state index in [1.807, 2.05) is 48.5 Å². The smallest absolute Gasteiger partial charge is 0.228 e. The third kappa shape index (κ3) is 3.97. The molecule has 1 heterocycles. The summed E-state index contributed by atoms with van der Waals surface area (Å²) in [7, 11) is 0. The average molecular weight is 307 g/mol. The zero-order chi connectivity index (χ0) is 16.1. The molecule has 118 valence electrons. The number of anilines is 1. The number of fused-ring (bicyclic) bond motifs is 1. The molecule has 0 saturated carbocycles. The predicted octanol–water partition coefficient (Wildman–Crippen LogP) is 4.09. The first-order valence-corrected chi connectivity index (χ1v) is 8.07. The number of unbranched alkanes of at least 4 members (excludes halogenated alkanes) is 1. The van der Waals surface area contributed by atoms with Crippen LogP contribution in [0.1, 0.15) is 31.2 Å². The molecule has 0 spiro atoms. The number of carbonyl (C=O) groups is 1. The van der Waals surface area contributed by atoms with E-state index in [4.69, 9.17) is 0 Å². The summed E-state index contributed by atoms with van der Waals surface area (Å²) in [5.41, 5.74) is 3.71. The lowest BCUT2D eigenvalue weighted by molar-refractivity contribution is -0.115. The highest BCUT2D eigenvalue weighted by Crippen LogP contribution is 2.18. The van der Waals surface area contributed by atoms with Crippen molar-refractivity contribution in [3.05, 3.63) is 59.9 Å². The molecule has 3 aromatic rings. The van der Waals surface area contributed by atoms with E-state index in [-0.39, 0.29) is 5.91 Å². The molecule has 0 aliphatic rings. The van der Waals surface area contributed by atoms with Gasteiger partial charge in [-0.05, 0) is 30.2 Å². The van der Waals surface area contributed by atoms with E-state index in [0.29, 0.717) is 6.42 Å². The van der Waals surface area contributed by atoms with Crippen molar-refractivity contribution in [2.45, 2.75) is 32.6 Å². The van der Waals surface area contributed by atoms with Crippen molar-refractivity contribution < 1.29 is 4.79 Å². The number of carbonyl (C=O) groups excluding carboxylic acids is 1. The molecule has 0 aliphatic heterocycles. The third-order valence-electron chi connectivity index (χ3n) is 3.79. The zero-order valence-corrected chi connectivity index (χ0v) is 13.3. The number of imidazole rings is 1. The van der Waals surface area contributed by atoms with Gasteiger partial charge in [-0.15, -0.1) is 0 Å². The van der Waals surface area contributed by atoms with E-state index >= 15 is 0 Å². The van der Waals surface area contributed by atoms with E-state index in [1.165, 1.54) is 0 Å². The van der Waals surface area contributed by atoms with Crippen LogP contribution in [0.15, 0.2) is 48.5 Å². The molecule has 2 aromatic carbocycles. The molecular formula is C19H21N3O. The second-order valence-corrected chi connectivity index (χ2v) is 5.73. The second-order valence-electron chi connectivity index (χ2n) is 5.73. The fourth-order valence-corrected chi connectivity index (χ4v) is 2.59. The van der Waals surface area contributed by atoms with Crippen LogP contribution in [0.3, 0.4) is 0 Å². The zero-order valence-electron chi connectivity index (χ0n) is 13.3. The Morgan fingerprint density at radius 1 is 1.17 bits per heavy atom. The van der Waals surface area contributed by atoms with Gasteiger partial charge in [-0.25, -0.2) is 4.98 Å². The summed E-state index contributed by atoms with van der Waals surface area (Å²) in [4.78, 5) is 20.0. The first kappa shape index (κ1) is 15.3. The molecule has 0 radical (unpaired) electrons. The molecule has 23 heavy (non-hydrogen) atoms. The van der Waals surface area contributed by atoms with Crippen molar-refractivity contribution in [1.29, 1.82) is 0 Å². The van der Waals surface area contributed by atoms with Gasteiger partial charge in [-0.3, -0.25) is 4.79 Å². The molecule has 0 atom stereocenters. The fraction of sp³-hybridized carbons (Fsp3) is 0.263. The number of aromatic amines is 1. The number of hydrogen-bond acceptors (Lipinski definition) is 2. The molecule has 0 unspecified atom stereocenters. The van der Waals surface area contributed by atoms with Gasteiger partial charge in [0.2, 0.25) is 5.91 Å². The monoisotopic (exact) mass is 307 g/mol. The first-order chi connectivity index (χ1) is 11.2. The molecule has 0 fully saturated rings. The SMILES string of the molecule is CCCCc1nc2ccc(NC(=O)Cc3ccccc3)cc2[nH]1. The molecule has 0 aliphatic carbocycles. The number of benzene rings is 2. The molecule has 3 rings (SSSR count). The van der Waals surface area contributed by atoms with E-state index < -0.39 is 0 Å². The van der Waals surface area contributed by atoms with Gasteiger partial charge in [-0.1, -0.05) is 43.7 Å². The lowest BCUT2D eigenvalue weighted by Crippen LogP contribution is -2.14. The van der Waals surface area contributed by atoms with Crippen LogP contribution in [-0.2, 0) is 17.6 Å². The minimum Gasteiger partial charge on any atom is -0.342 e. The number of hydrogen-bond donors (Lipinski definition) is 2. The summed E-state index contributed by atoms with van der Waals surface area (Å²) in [6.45, 7) is 2.17. The van der Waals surface area contributed by atoms with Gasteiger partial charge in [0.25, 0.3) is 0 Å².